The molecule has 1 fully saturated rings. The second kappa shape index (κ2) is 7.00. The van der Waals surface area contributed by atoms with Crippen LogP contribution >= 0.6 is 11.3 Å². The fourth-order valence-corrected chi connectivity index (χ4v) is 5.86. The first-order valence-corrected chi connectivity index (χ1v) is 10.1. The summed E-state index contributed by atoms with van der Waals surface area (Å²) in [5.74, 6) is 0. The molecule has 1 atom stereocenters. The Kier molecular flexibility index (Phi) is 4.98. The summed E-state index contributed by atoms with van der Waals surface area (Å²) >= 11 is 1.52. The molecule has 2 aromatic rings. The average molecular weight is 366 g/mol. The fraction of sp³-hybridized carbons (Fsp3) is 0.375. The molecule has 128 valence electrons. The third kappa shape index (κ3) is 3.22. The van der Waals surface area contributed by atoms with Crippen LogP contribution in [-0.4, -0.2) is 24.2 Å². The van der Waals surface area contributed by atoms with Gasteiger partial charge in [0, 0.05) is 17.5 Å². The molecule has 6 nitrogen and oxygen atoms in total. The van der Waals surface area contributed by atoms with E-state index in [4.69, 9.17) is 0 Å². The van der Waals surface area contributed by atoms with Gasteiger partial charge < -0.3 is 0 Å². The molecular weight excluding hydrogens is 348 g/mol. The van der Waals surface area contributed by atoms with Gasteiger partial charge in [0.15, 0.2) is 4.90 Å². The molecule has 0 aliphatic carbocycles. The Bertz CT molecular complexity index is 818. The van der Waals surface area contributed by atoms with E-state index in [0.29, 0.717) is 6.54 Å². The Morgan fingerprint density at radius 3 is 2.62 bits per heavy atom. The lowest BCUT2D eigenvalue weighted by atomic mass is 10.1. The van der Waals surface area contributed by atoms with Crippen molar-refractivity contribution >= 4 is 27.0 Å². The van der Waals surface area contributed by atoms with Crippen molar-refractivity contribution in [2.45, 2.75) is 36.6 Å². The smallest absolute Gasteiger partial charge is 0.258 e. The van der Waals surface area contributed by atoms with Crippen molar-refractivity contribution in [3.8, 4) is 0 Å². The van der Waals surface area contributed by atoms with Crippen molar-refractivity contribution < 1.29 is 13.3 Å². The summed E-state index contributed by atoms with van der Waals surface area (Å²) < 4.78 is 27.8. The lowest BCUT2D eigenvalue weighted by Gasteiger charge is -2.28. The maximum atomic E-state index is 13.2. The molecule has 1 aliphatic heterocycles. The van der Waals surface area contributed by atoms with Crippen molar-refractivity contribution in [2.75, 3.05) is 6.54 Å². The number of hydrogen-bond acceptors (Lipinski definition) is 5. The van der Waals surface area contributed by atoms with Gasteiger partial charge in [-0.3, -0.25) is 10.1 Å². The Hall–Kier alpha value is -1.77. The zero-order valence-corrected chi connectivity index (χ0v) is 14.6. The monoisotopic (exact) mass is 366 g/mol. The molecule has 0 amide bonds. The number of thiophene rings is 1. The SMILES string of the molecule is O=[N+]([O-])c1ccccc1S(=O)(=O)N1CCCCC[C@@H]1c1cccs1. The van der Waals surface area contributed by atoms with Gasteiger partial charge >= 0.3 is 0 Å². The van der Waals surface area contributed by atoms with Crippen molar-refractivity contribution in [3.05, 3.63) is 56.8 Å². The zero-order chi connectivity index (χ0) is 17.2. The number of nitro groups is 1. The van der Waals surface area contributed by atoms with Gasteiger partial charge in [-0.1, -0.05) is 31.0 Å². The molecule has 1 aromatic carbocycles. The van der Waals surface area contributed by atoms with Crippen LogP contribution in [0.15, 0.2) is 46.7 Å². The minimum atomic E-state index is -3.94. The second-order valence-electron chi connectivity index (χ2n) is 5.72. The highest BCUT2D eigenvalue weighted by Gasteiger charge is 2.37. The Morgan fingerprint density at radius 1 is 1.12 bits per heavy atom. The summed E-state index contributed by atoms with van der Waals surface area (Å²) in [6.07, 6.45) is 3.42. The third-order valence-corrected chi connectivity index (χ3v) is 7.15. The molecule has 0 bridgehead atoms. The lowest BCUT2D eigenvalue weighted by Crippen LogP contribution is -2.34. The molecule has 2 heterocycles. The summed E-state index contributed by atoms with van der Waals surface area (Å²) in [4.78, 5) is 11.4. The number of benzene rings is 1. The van der Waals surface area contributed by atoms with Crippen LogP contribution in [0, 0.1) is 10.1 Å². The maximum absolute atomic E-state index is 13.2. The maximum Gasteiger partial charge on any atom is 0.289 e. The van der Waals surface area contributed by atoms with Gasteiger partial charge in [0.25, 0.3) is 5.69 Å². The topological polar surface area (TPSA) is 80.5 Å². The number of para-hydroxylation sites is 1. The Balaban J connectivity index is 2.08. The molecule has 24 heavy (non-hydrogen) atoms. The Morgan fingerprint density at radius 2 is 1.92 bits per heavy atom. The highest BCUT2D eigenvalue weighted by molar-refractivity contribution is 7.89. The summed E-state index contributed by atoms with van der Waals surface area (Å²) in [7, 11) is -3.94. The predicted octanol–water partition coefficient (Wildman–Crippen LogP) is 3.96. The van der Waals surface area contributed by atoms with Gasteiger partial charge in [-0.2, -0.15) is 4.31 Å². The van der Waals surface area contributed by atoms with E-state index < -0.39 is 14.9 Å². The van der Waals surface area contributed by atoms with Crippen molar-refractivity contribution in [3.63, 3.8) is 0 Å². The number of nitro benzene ring substituents is 1. The molecule has 0 unspecified atom stereocenters. The van der Waals surface area contributed by atoms with E-state index >= 15 is 0 Å². The first kappa shape index (κ1) is 17.1. The van der Waals surface area contributed by atoms with Gasteiger partial charge in [0.2, 0.25) is 10.0 Å². The van der Waals surface area contributed by atoms with Gasteiger partial charge in [0.1, 0.15) is 0 Å². The average Bonchev–Trinajstić information content (AvgIpc) is 2.98. The van der Waals surface area contributed by atoms with E-state index in [1.807, 2.05) is 17.5 Å². The molecule has 1 aromatic heterocycles. The van der Waals surface area contributed by atoms with E-state index in [9.17, 15) is 18.5 Å². The van der Waals surface area contributed by atoms with Crippen LogP contribution < -0.4 is 0 Å². The molecule has 0 radical (unpaired) electrons. The standard InChI is InChI=1S/C16H18N2O4S2/c19-18(20)14-8-3-4-10-16(14)24(21,22)17-11-5-1-2-7-13(17)15-9-6-12-23-15/h3-4,6,8-10,12-13H,1-2,5,7,11H2/t13-/m1/s1. The van der Waals surface area contributed by atoms with Crippen LogP contribution in [0.5, 0.6) is 0 Å². The second-order valence-corrected chi connectivity index (χ2v) is 8.56. The van der Waals surface area contributed by atoms with Crippen LogP contribution in [-0.2, 0) is 10.0 Å². The minimum Gasteiger partial charge on any atom is -0.258 e. The quantitative estimate of drug-likeness (QED) is 0.606. The highest BCUT2D eigenvalue weighted by Crippen LogP contribution is 2.38. The summed E-state index contributed by atoms with van der Waals surface area (Å²) in [5, 5.41) is 13.2. The van der Waals surface area contributed by atoms with Gasteiger partial charge in [-0.05, 0) is 30.4 Å². The molecule has 3 rings (SSSR count). The molecule has 1 aliphatic rings. The summed E-state index contributed by atoms with van der Waals surface area (Å²) in [6, 6.07) is 9.16. The van der Waals surface area contributed by atoms with Crippen LogP contribution in [0.2, 0.25) is 0 Å². The van der Waals surface area contributed by atoms with Gasteiger partial charge in [0.05, 0.1) is 11.0 Å². The van der Waals surface area contributed by atoms with Gasteiger partial charge in [-0.15, -0.1) is 11.3 Å². The largest absolute Gasteiger partial charge is 0.289 e. The Labute approximate surface area is 144 Å². The van der Waals surface area contributed by atoms with E-state index in [-0.39, 0.29) is 16.6 Å². The van der Waals surface area contributed by atoms with Crippen LogP contribution in [0.4, 0.5) is 5.69 Å². The van der Waals surface area contributed by atoms with Crippen molar-refractivity contribution in [1.82, 2.24) is 4.31 Å². The third-order valence-electron chi connectivity index (χ3n) is 4.22. The molecule has 0 spiro atoms. The van der Waals surface area contributed by atoms with Crippen LogP contribution in [0.25, 0.3) is 0 Å². The summed E-state index contributed by atoms with van der Waals surface area (Å²) in [5.41, 5.74) is -0.369. The molecule has 1 saturated heterocycles. The highest BCUT2D eigenvalue weighted by atomic mass is 32.2. The first-order chi connectivity index (χ1) is 11.5. The fourth-order valence-electron chi connectivity index (χ4n) is 3.09. The molecule has 0 N–H and O–H groups in total. The molecule has 8 heteroatoms. The zero-order valence-electron chi connectivity index (χ0n) is 13.0. The number of hydrogen-bond donors (Lipinski definition) is 0. The number of nitrogens with zero attached hydrogens (tertiary/aromatic N) is 2. The summed E-state index contributed by atoms with van der Waals surface area (Å²) in [6.45, 7) is 0.386. The van der Waals surface area contributed by atoms with Crippen molar-refractivity contribution in [2.24, 2.45) is 0 Å². The number of rotatable bonds is 4. The van der Waals surface area contributed by atoms with E-state index in [1.165, 1.54) is 39.9 Å². The minimum absolute atomic E-state index is 0.224. The van der Waals surface area contributed by atoms with Crippen LogP contribution in [0.1, 0.15) is 36.6 Å². The van der Waals surface area contributed by atoms with Crippen molar-refractivity contribution in [1.29, 1.82) is 0 Å². The lowest BCUT2D eigenvalue weighted by molar-refractivity contribution is -0.387. The molecular formula is C16H18N2O4S2. The predicted molar refractivity (Wildman–Crippen MR) is 92.5 cm³/mol. The van der Waals surface area contributed by atoms with E-state index in [2.05, 4.69) is 0 Å². The van der Waals surface area contributed by atoms with Crippen LogP contribution in [0.3, 0.4) is 0 Å². The normalized spacial score (nSPS) is 19.8. The van der Waals surface area contributed by atoms with Gasteiger partial charge in [-0.25, -0.2) is 8.42 Å². The number of sulfonamides is 1. The van der Waals surface area contributed by atoms with E-state index in [0.717, 1.165) is 30.6 Å². The molecule has 0 saturated carbocycles. The van der Waals surface area contributed by atoms with E-state index in [1.54, 1.807) is 0 Å². The first-order valence-electron chi connectivity index (χ1n) is 7.80.